The van der Waals surface area contributed by atoms with E-state index < -0.39 is 12.2 Å². The molecule has 2 fully saturated rings. The molecule has 0 radical (unpaired) electrons. The van der Waals surface area contributed by atoms with Gasteiger partial charge in [-0.2, -0.15) is 5.10 Å². The lowest BCUT2D eigenvalue weighted by Crippen LogP contribution is -2.54. The normalized spacial score (nSPS) is 26.4. The van der Waals surface area contributed by atoms with Crippen molar-refractivity contribution in [3.8, 4) is 0 Å². The predicted molar refractivity (Wildman–Crippen MR) is 118 cm³/mol. The zero-order valence-electron chi connectivity index (χ0n) is 17.7. The van der Waals surface area contributed by atoms with E-state index in [0.717, 1.165) is 36.8 Å². The van der Waals surface area contributed by atoms with Gasteiger partial charge in [0.1, 0.15) is 17.7 Å². The Hall–Kier alpha value is -3.36. The highest BCUT2D eigenvalue weighted by molar-refractivity contribution is 6.00. The van der Waals surface area contributed by atoms with Gasteiger partial charge in [-0.25, -0.2) is 0 Å². The Balaban J connectivity index is 1.36. The molecule has 1 aliphatic carbocycles. The second kappa shape index (κ2) is 9.20. The first-order valence-electron chi connectivity index (χ1n) is 10.8. The number of allylic oxidation sites excluding steroid dienone is 1. The molecule has 2 heterocycles. The summed E-state index contributed by atoms with van der Waals surface area (Å²) in [6.07, 6.45) is 3.94. The number of nitrogens with one attached hydrogen (secondary N) is 5. The molecule has 5 N–H and O–H groups in total. The van der Waals surface area contributed by atoms with Gasteiger partial charge in [0.15, 0.2) is 6.17 Å². The predicted octanol–water partition coefficient (Wildman–Crippen LogP) is 0.803. The Kier molecular flexibility index (Phi) is 6.20. The molecule has 2 unspecified atom stereocenters. The molecule has 2 atom stereocenters. The van der Waals surface area contributed by atoms with Crippen LogP contribution in [0.2, 0.25) is 0 Å². The molecule has 3 aliphatic rings. The quantitative estimate of drug-likeness (QED) is 0.491. The van der Waals surface area contributed by atoms with Gasteiger partial charge < -0.3 is 21.4 Å². The number of likely N-dealkylation sites (N-methyl/N-ethyl adjacent to an activating group) is 1. The molecule has 2 amide bonds. The summed E-state index contributed by atoms with van der Waals surface area (Å²) in [5, 5.41) is 21.7. The van der Waals surface area contributed by atoms with Gasteiger partial charge in [-0.05, 0) is 37.7 Å². The lowest BCUT2D eigenvalue weighted by molar-refractivity contribution is -0.134. The maximum Gasteiger partial charge on any atom is 0.265 e. The van der Waals surface area contributed by atoms with E-state index in [0.29, 0.717) is 36.8 Å². The van der Waals surface area contributed by atoms with Gasteiger partial charge in [-0.15, -0.1) is 0 Å². The fraction of sp³-hybridized carbons (Fsp3) is 0.455. The first kappa shape index (κ1) is 20.9. The smallest absolute Gasteiger partial charge is 0.265 e. The zero-order valence-corrected chi connectivity index (χ0v) is 17.7. The van der Waals surface area contributed by atoms with Crippen LogP contribution in [0.3, 0.4) is 0 Å². The van der Waals surface area contributed by atoms with Gasteiger partial charge in [-0.3, -0.25) is 19.9 Å². The van der Waals surface area contributed by atoms with Crippen LogP contribution >= 0.6 is 0 Å². The van der Waals surface area contributed by atoms with Gasteiger partial charge in [0.25, 0.3) is 5.91 Å². The number of hydrogen-bond acceptors (Lipinski definition) is 7. The number of carbonyl (C=O) groups excluding carboxylic acids is 2. The Morgan fingerprint density at radius 3 is 2.81 bits per heavy atom. The third-order valence-electron chi connectivity index (χ3n) is 5.88. The van der Waals surface area contributed by atoms with Crippen LogP contribution < -0.4 is 21.4 Å². The second-order valence-electron chi connectivity index (χ2n) is 8.11. The van der Waals surface area contributed by atoms with Crippen molar-refractivity contribution in [1.29, 1.82) is 5.41 Å². The number of carbonyl (C=O) groups is 2. The van der Waals surface area contributed by atoms with Crippen LogP contribution in [0, 0.1) is 5.41 Å². The molecule has 0 spiro atoms. The number of amidine groups is 1. The van der Waals surface area contributed by atoms with Gasteiger partial charge in [0, 0.05) is 31.3 Å². The average molecular weight is 424 g/mol. The molecule has 1 aromatic carbocycles. The van der Waals surface area contributed by atoms with Crippen LogP contribution in [-0.4, -0.2) is 54.1 Å². The summed E-state index contributed by atoms with van der Waals surface area (Å²) < 4.78 is 0. The minimum Gasteiger partial charge on any atom is -0.371 e. The molecule has 1 aromatic rings. The number of nitrogens with zero attached hydrogens (tertiary/aromatic N) is 2. The van der Waals surface area contributed by atoms with E-state index in [2.05, 4.69) is 26.5 Å². The van der Waals surface area contributed by atoms with Crippen LogP contribution in [0.15, 0.2) is 46.8 Å². The highest BCUT2D eigenvalue weighted by Gasteiger charge is 2.33. The maximum atomic E-state index is 13.1. The number of rotatable bonds is 4. The first-order valence-corrected chi connectivity index (χ1v) is 10.8. The molecule has 0 aromatic heterocycles. The van der Waals surface area contributed by atoms with Crippen LogP contribution in [0.5, 0.6) is 0 Å². The summed E-state index contributed by atoms with van der Waals surface area (Å²) in [7, 11) is 1.71. The molecule has 9 nitrogen and oxygen atoms in total. The van der Waals surface area contributed by atoms with Crippen molar-refractivity contribution in [3.05, 3.63) is 47.3 Å². The first-order chi connectivity index (χ1) is 15.0. The molecule has 31 heavy (non-hydrogen) atoms. The molecule has 1 saturated heterocycles. The second-order valence-corrected chi connectivity index (χ2v) is 8.11. The van der Waals surface area contributed by atoms with Gasteiger partial charge in [0.2, 0.25) is 5.91 Å². The van der Waals surface area contributed by atoms with E-state index in [9.17, 15) is 9.59 Å². The lowest BCUT2D eigenvalue weighted by Gasteiger charge is -2.27. The largest absolute Gasteiger partial charge is 0.371 e. The molecule has 1 saturated carbocycles. The third-order valence-corrected chi connectivity index (χ3v) is 5.88. The van der Waals surface area contributed by atoms with Crippen molar-refractivity contribution in [3.63, 3.8) is 0 Å². The van der Waals surface area contributed by atoms with Crippen molar-refractivity contribution >= 4 is 23.4 Å². The summed E-state index contributed by atoms with van der Waals surface area (Å²) >= 11 is 0. The molecular weight excluding hydrogens is 394 g/mol. The molecule has 2 aliphatic heterocycles. The van der Waals surface area contributed by atoms with Crippen LogP contribution in [0.1, 0.15) is 37.7 Å². The van der Waals surface area contributed by atoms with Crippen molar-refractivity contribution < 1.29 is 9.59 Å². The van der Waals surface area contributed by atoms with E-state index in [1.807, 2.05) is 30.3 Å². The van der Waals surface area contributed by atoms with E-state index in [1.165, 1.54) is 0 Å². The van der Waals surface area contributed by atoms with E-state index in [4.69, 9.17) is 5.41 Å². The number of amides is 2. The highest BCUT2D eigenvalue weighted by Crippen LogP contribution is 2.25. The van der Waals surface area contributed by atoms with Crippen molar-refractivity contribution in [2.45, 2.75) is 50.7 Å². The Bertz CT molecular complexity index is 925. The highest BCUT2D eigenvalue weighted by atomic mass is 16.2. The Labute approximate surface area is 181 Å². The van der Waals surface area contributed by atoms with Gasteiger partial charge in [-0.1, -0.05) is 30.3 Å². The van der Waals surface area contributed by atoms with Crippen LogP contribution in [-0.2, 0) is 16.0 Å². The Morgan fingerprint density at radius 1 is 1.26 bits per heavy atom. The number of benzene rings is 1. The molecule has 0 bridgehead atoms. The summed E-state index contributed by atoms with van der Waals surface area (Å²) in [6, 6.07) is 9.25. The minimum atomic E-state index is -0.711. The summed E-state index contributed by atoms with van der Waals surface area (Å²) in [5.74, 6) is 0.889. The number of hydrazone groups is 1. The van der Waals surface area contributed by atoms with E-state index in [1.54, 1.807) is 11.9 Å². The fourth-order valence-corrected chi connectivity index (χ4v) is 4.16. The average Bonchev–Trinajstić information content (AvgIpc) is 3.20. The third kappa shape index (κ3) is 4.70. The topological polar surface area (TPSA) is 122 Å². The standard InChI is InChI=1S/C22H29N7O2/c1-29-20(15-9-5-6-10-16(15)23)24-12-11-17(22(29)31)25-21(30)19-26-18(27-28-19)13-14-7-3-2-4-8-14/h2-4,7-8,17,19,23-24,28H,5-6,9-13H2,1H3,(H,25,30)(H,26,27)/b20-15+,23-16?. The summed E-state index contributed by atoms with van der Waals surface area (Å²) in [4.78, 5) is 27.4. The van der Waals surface area contributed by atoms with Crippen molar-refractivity contribution in [1.82, 2.24) is 26.3 Å². The van der Waals surface area contributed by atoms with Gasteiger partial charge >= 0.3 is 0 Å². The lowest BCUT2D eigenvalue weighted by atomic mass is 9.92. The molecule has 9 heteroatoms. The van der Waals surface area contributed by atoms with Crippen LogP contribution in [0.4, 0.5) is 0 Å². The summed E-state index contributed by atoms with van der Waals surface area (Å²) in [6.45, 7) is 0.550. The fourth-order valence-electron chi connectivity index (χ4n) is 4.16. The molecule has 164 valence electrons. The van der Waals surface area contributed by atoms with Crippen molar-refractivity contribution in [2.24, 2.45) is 5.10 Å². The van der Waals surface area contributed by atoms with Crippen molar-refractivity contribution in [2.75, 3.05) is 13.6 Å². The van der Waals surface area contributed by atoms with Crippen LogP contribution in [0.25, 0.3) is 0 Å². The number of hydrogen-bond donors (Lipinski definition) is 5. The molecular formula is C22H29N7O2. The molecule has 4 rings (SSSR count). The maximum absolute atomic E-state index is 13.1. The van der Waals surface area contributed by atoms with E-state index in [-0.39, 0.29) is 11.8 Å². The summed E-state index contributed by atoms with van der Waals surface area (Å²) in [5.41, 5.74) is 5.41. The minimum absolute atomic E-state index is 0.178. The van der Waals surface area contributed by atoms with E-state index >= 15 is 0 Å². The SMILES string of the molecule is CN1C(=O)C(NC(=O)C2NN=C(Cc3ccccc3)N2)CCN/C1=C1/CCCCC1=N. The van der Waals surface area contributed by atoms with Gasteiger partial charge in [0.05, 0.1) is 0 Å². The zero-order chi connectivity index (χ0) is 21.8. The Morgan fingerprint density at radius 2 is 2.03 bits per heavy atom. The monoisotopic (exact) mass is 423 g/mol.